The van der Waals surface area contributed by atoms with Crippen LogP contribution in [0.2, 0.25) is 0 Å². The van der Waals surface area contributed by atoms with Crippen molar-refractivity contribution in [1.82, 2.24) is 10.2 Å². The van der Waals surface area contributed by atoms with Gasteiger partial charge in [0.1, 0.15) is 0 Å². The zero-order valence-corrected chi connectivity index (χ0v) is 12.4. The maximum absolute atomic E-state index is 12.1. The van der Waals surface area contributed by atoms with Crippen LogP contribution in [0, 0.1) is 5.92 Å². The predicted molar refractivity (Wildman–Crippen MR) is 73.7 cm³/mol. The van der Waals surface area contributed by atoms with E-state index in [-0.39, 0.29) is 29.9 Å². The monoisotopic (exact) mass is 270 g/mol. The molecule has 0 bridgehead atoms. The third kappa shape index (κ3) is 4.49. The number of carbonyl (C=O) groups excluding carboxylic acids is 2. The second kappa shape index (κ2) is 7.48. The lowest BCUT2D eigenvalue weighted by molar-refractivity contribution is -0.145. The molecule has 0 aromatic carbocycles. The van der Waals surface area contributed by atoms with E-state index in [2.05, 4.69) is 17.1 Å². The number of ether oxygens (including phenoxy) is 1. The van der Waals surface area contributed by atoms with Gasteiger partial charge in [-0.25, -0.2) is 0 Å². The molecular weight excluding hydrogens is 244 g/mol. The van der Waals surface area contributed by atoms with Crippen molar-refractivity contribution in [3.05, 3.63) is 0 Å². The Hall–Kier alpha value is -1.10. The lowest BCUT2D eigenvalue weighted by Gasteiger charge is -2.25. The molecule has 5 heteroatoms. The van der Waals surface area contributed by atoms with Gasteiger partial charge in [0.15, 0.2) is 0 Å². The Kier molecular flexibility index (Phi) is 6.28. The molecule has 1 amide bonds. The lowest BCUT2D eigenvalue weighted by atomic mass is 10.1. The molecule has 1 heterocycles. The van der Waals surface area contributed by atoms with Gasteiger partial charge in [0.25, 0.3) is 0 Å². The summed E-state index contributed by atoms with van der Waals surface area (Å²) in [6.45, 7) is 7.41. The summed E-state index contributed by atoms with van der Waals surface area (Å²) in [6.07, 6.45) is 2.82. The van der Waals surface area contributed by atoms with Crippen LogP contribution in [0.4, 0.5) is 0 Å². The topological polar surface area (TPSA) is 58.6 Å². The van der Waals surface area contributed by atoms with Crippen LogP contribution in [0.1, 0.15) is 40.0 Å². The largest absolute Gasteiger partial charge is 0.469 e. The smallest absolute Gasteiger partial charge is 0.310 e. The van der Waals surface area contributed by atoms with Gasteiger partial charge in [0, 0.05) is 12.6 Å². The van der Waals surface area contributed by atoms with Gasteiger partial charge in [-0.3, -0.25) is 14.5 Å². The Morgan fingerprint density at radius 3 is 2.68 bits per heavy atom. The SMILES string of the molecule is CCCC(C)NC(=O)C(C)N1CCC(C(=O)OC)C1. The standard InChI is InChI=1S/C14H26N2O3/c1-5-6-10(2)15-13(17)11(3)16-8-7-12(9-16)14(18)19-4/h10-12H,5-9H2,1-4H3,(H,15,17). The van der Waals surface area contributed by atoms with Crippen molar-refractivity contribution >= 4 is 11.9 Å². The molecule has 0 radical (unpaired) electrons. The molecular formula is C14H26N2O3. The highest BCUT2D eigenvalue weighted by atomic mass is 16.5. The van der Waals surface area contributed by atoms with Crippen molar-refractivity contribution in [2.24, 2.45) is 5.92 Å². The summed E-state index contributed by atoms with van der Waals surface area (Å²) in [4.78, 5) is 25.6. The molecule has 1 N–H and O–H groups in total. The average Bonchev–Trinajstić information content (AvgIpc) is 2.86. The normalized spacial score (nSPS) is 22.8. The third-order valence-electron chi connectivity index (χ3n) is 3.79. The van der Waals surface area contributed by atoms with Crippen LogP contribution in [0.5, 0.6) is 0 Å². The molecule has 19 heavy (non-hydrogen) atoms. The summed E-state index contributed by atoms with van der Waals surface area (Å²) >= 11 is 0. The van der Waals surface area contributed by atoms with Crippen LogP contribution in [-0.4, -0.2) is 49.1 Å². The highest BCUT2D eigenvalue weighted by molar-refractivity contribution is 5.82. The first-order chi connectivity index (χ1) is 8.99. The van der Waals surface area contributed by atoms with E-state index in [1.54, 1.807) is 0 Å². The minimum absolute atomic E-state index is 0.0477. The van der Waals surface area contributed by atoms with Crippen LogP contribution in [0.15, 0.2) is 0 Å². The van der Waals surface area contributed by atoms with Gasteiger partial charge in [-0.1, -0.05) is 13.3 Å². The molecule has 1 saturated heterocycles. The zero-order chi connectivity index (χ0) is 14.4. The average molecular weight is 270 g/mol. The molecule has 1 rings (SSSR count). The van der Waals surface area contributed by atoms with Crippen molar-refractivity contribution in [2.45, 2.75) is 52.1 Å². The number of nitrogens with one attached hydrogen (secondary N) is 1. The number of nitrogens with zero attached hydrogens (tertiary/aromatic N) is 1. The lowest BCUT2D eigenvalue weighted by Crippen LogP contribution is -2.47. The molecule has 0 aromatic heterocycles. The van der Waals surface area contributed by atoms with Crippen molar-refractivity contribution in [3.8, 4) is 0 Å². The van der Waals surface area contributed by atoms with Gasteiger partial charge in [-0.2, -0.15) is 0 Å². The van der Waals surface area contributed by atoms with Gasteiger partial charge < -0.3 is 10.1 Å². The Bertz CT molecular complexity index is 320. The first-order valence-electron chi connectivity index (χ1n) is 7.11. The van der Waals surface area contributed by atoms with Crippen LogP contribution in [0.25, 0.3) is 0 Å². The molecule has 1 aliphatic heterocycles. The molecule has 1 fully saturated rings. The Morgan fingerprint density at radius 2 is 2.11 bits per heavy atom. The van der Waals surface area contributed by atoms with Gasteiger partial charge >= 0.3 is 5.97 Å². The molecule has 1 aliphatic rings. The summed E-state index contributed by atoms with van der Waals surface area (Å²) in [5.41, 5.74) is 0. The first kappa shape index (κ1) is 16.0. The van der Waals surface area contributed by atoms with Crippen molar-refractivity contribution in [1.29, 1.82) is 0 Å². The third-order valence-corrected chi connectivity index (χ3v) is 3.79. The maximum atomic E-state index is 12.1. The van der Waals surface area contributed by atoms with Crippen LogP contribution >= 0.6 is 0 Å². The summed E-state index contributed by atoms with van der Waals surface area (Å²) < 4.78 is 4.75. The van der Waals surface area contributed by atoms with E-state index in [0.717, 1.165) is 25.8 Å². The van der Waals surface area contributed by atoms with E-state index < -0.39 is 0 Å². The molecule has 0 aliphatic carbocycles. The summed E-state index contributed by atoms with van der Waals surface area (Å²) in [5, 5.41) is 3.02. The van der Waals surface area contributed by atoms with Crippen LogP contribution in [-0.2, 0) is 14.3 Å². The Morgan fingerprint density at radius 1 is 1.42 bits per heavy atom. The molecule has 0 spiro atoms. The van der Waals surface area contributed by atoms with E-state index in [9.17, 15) is 9.59 Å². The Labute approximate surface area is 115 Å². The van der Waals surface area contributed by atoms with E-state index in [1.807, 2.05) is 13.8 Å². The van der Waals surface area contributed by atoms with E-state index in [0.29, 0.717) is 6.54 Å². The molecule has 5 nitrogen and oxygen atoms in total. The van der Waals surface area contributed by atoms with Crippen molar-refractivity contribution in [3.63, 3.8) is 0 Å². The van der Waals surface area contributed by atoms with E-state index >= 15 is 0 Å². The minimum atomic E-state index is -0.186. The number of hydrogen-bond donors (Lipinski definition) is 1. The van der Waals surface area contributed by atoms with E-state index in [1.165, 1.54) is 7.11 Å². The highest BCUT2D eigenvalue weighted by Crippen LogP contribution is 2.19. The zero-order valence-electron chi connectivity index (χ0n) is 12.4. The molecule has 0 aromatic rings. The number of methoxy groups -OCH3 is 1. The van der Waals surface area contributed by atoms with E-state index in [4.69, 9.17) is 4.74 Å². The highest BCUT2D eigenvalue weighted by Gasteiger charge is 2.33. The van der Waals surface area contributed by atoms with Crippen molar-refractivity contribution < 1.29 is 14.3 Å². The summed E-state index contributed by atoms with van der Waals surface area (Å²) in [5.74, 6) is -0.214. The molecule has 0 saturated carbocycles. The molecule has 110 valence electrons. The van der Waals surface area contributed by atoms with Crippen LogP contribution < -0.4 is 5.32 Å². The number of esters is 1. The second-order valence-electron chi connectivity index (χ2n) is 5.38. The summed E-state index contributed by atoms with van der Waals surface area (Å²) in [6, 6.07) is 0.0212. The fourth-order valence-electron chi connectivity index (χ4n) is 2.53. The number of likely N-dealkylation sites (tertiary alicyclic amines) is 1. The summed E-state index contributed by atoms with van der Waals surface area (Å²) in [7, 11) is 1.41. The predicted octanol–water partition coefficient (Wildman–Crippen LogP) is 1.17. The quantitative estimate of drug-likeness (QED) is 0.736. The Balaban J connectivity index is 2.43. The van der Waals surface area contributed by atoms with Gasteiger partial charge in [-0.15, -0.1) is 0 Å². The molecule has 3 atom stereocenters. The number of hydrogen-bond acceptors (Lipinski definition) is 4. The van der Waals surface area contributed by atoms with Gasteiger partial charge in [-0.05, 0) is 33.2 Å². The minimum Gasteiger partial charge on any atom is -0.469 e. The number of rotatable bonds is 6. The van der Waals surface area contributed by atoms with Gasteiger partial charge in [0.2, 0.25) is 5.91 Å². The number of carbonyl (C=O) groups is 2. The van der Waals surface area contributed by atoms with Crippen LogP contribution in [0.3, 0.4) is 0 Å². The van der Waals surface area contributed by atoms with Crippen molar-refractivity contribution in [2.75, 3.05) is 20.2 Å². The first-order valence-corrected chi connectivity index (χ1v) is 7.11. The number of amides is 1. The maximum Gasteiger partial charge on any atom is 0.310 e. The second-order valence-corrected chi connectivity index (χ2v) is 5.38. The fraction of sp³-hybridized carbons (Fsp3) is 0.857. The van der Waals surface area contributed by atoms with Gasteiger partial charge in [0.05, 0.1) is 19.1 Å². The fourth-order valence-corrected chi connectivity index (χ4v) is 2.53. The molecule has 3 unspecified atom stereocenters.